The smallest absolute Gasteiger partial charge is 0.251 e. The van der Waals surface area contributed by atoms with Crippen molar-refractivity contribution in [3.8, 4) is 0 Å². The van der Waals surface area contributed by atoms with Crippen LogP contribution in [0.25, 0.3) is 11.0 Å². The number of amides is 1. The molecule has 0 bridgehead atoms. The van der Waals surface area contributed by atoms with Gasteiger partial charge in [0.15, 0.2) is 11.6 Å². The molecule has 0 spiro atoms. The van der Waals surface area contributed by atoms with Gasteiger partial charge in [-0.1, -0.05) is 11.6 Å². The van der Waals surface area contributed by atoms with Gasteiger partial charge in [0.25, 0.3) is 5.91 Å². The van der Waals surface area contributed by atoms with Crippen molar-refractivity contribution in [3.63, 3.8) is 0 Å². The van der Waals surface area contributed by atoms with Crippen molar-refractivity contribution >= 4 is 28.5 Å². The first-order chi connectivity index (χ1) is 12.7. The molecule has 2 fully saturated rings. The monoisotopic (exact) mass is 398 g/mol. The molecule has 1 saturated carbocycles. The third kappa shape index (κ3) is 2.89. The van der Waals surface area contributed by atoms with Gasteiger partial charge in [-0.3, -0.25) is 9.63 Å². The molecule has 1 aliphatic heterocycles. The number of carbonyl (C=O) groups is 1. The minimum absolute atomic E-state index is 0.0430. The van der Waals surface area contributed by atoms with E-state index in [0.717, 1.165) is 0 Å². The van der Waals surface area contributed by atoms with Crippen LogP contribution in [0.2, 0.25) is 5.15 Å². The van der Waals surface area contributed by atoms with Gasteiger partial charge in [-0.25, -0.2) is 19.4 Å². The molecular weight excluding hydrogens is 379 g/mol. The van der Waals surface area contributed by atoms with Crippen LogP contribution in [0.4, 0.5) is 4.39 Å². The Labute approximate surface area is 160 Å². The molecule has 1 aliphatic carbocycles. The number of carbonyl (C=O) groups excluding carboxylic acids is 1. The van der Waals surface area contributed by atoms with Crippen LogP contribution in [0.3, 0.4) is 0 Å². The maximum absolute atomic E-state index is 14.5. The Kier molecular flexibility index (Phi) is 4.38. The van der Waals surface area contributed by atoms with Crippen LogP contribution in [0.1, 0.15) is 26.3 Å². The van der Waals surface area contributed by atoms with E-state index in [1.54, 1.807) is 25.5 Å². The SMILES string of the molecule is CON(C)C(=O)C1CC(n2cc(F)c3c(Cl)ncnc32)C2OC(C)(C)OC12. The fourth-order valence-corrected chi connectivity index (χ4v) is 4.27. The summed E-state index contributed by atoms with van der Waals surface area (Å²) in [7, 11) is 2.97. The highest BCUT2D eigenvalue weighted by Gasteiger charge is 2.57. The molecule has 10 heteroatoms. The summed E-state index contributed by atoms with van der Waals surface area (Å²) in [5.41, 5.74) is 0.359. The molecule has 0 aromatic carbocycles. The molecule has 4 atom stereocenters. The highest BCUT2D eigenvalue weighted by Crippen LogP contribution is 2.48. The van der Waals surface area contributed by atoms with Crippen LogP contribution in [-0.2, 0) is 19.1 Å². The minimum atomic E-state index is -0.855. The zero-order valence-corrected chi connectivity index (χ0v) is 16.1. The topological polar surface area (TPSA) is 78.7 Å². The summed E-state index contributed by atoms with van der Waals surface area (Å²) in [6.45, 7) is 3.58. The molecule has 8 nitrogen and oxygen atoms in total. The van der Waals surface area contributed by atoms with Gasteiger partial charge >= 0.3 is 0 Å². The number of hydrogen-bond acceptors (Lipinski definition) is 6. The number of aromatic nitrogens is 3. The largest absolute Gasteiger partial charge is 0.344 e. The highest BCUT2D eigenvalue weighted by atomic mass is 35.5. The second kappa shape index (κ2) is 6.37. The van der Waals surface area contributed by atoms with Gasteiger partial charge in [0.1, 0.15) is 29.3 Å². The molecule has 4 rings (SSSR count). The summed E-state index contributed by atoms with van der Waals surface area (Å²) >= 11 is 6.04. The van der Waals surface area contributed by atoms with Crippen LogP contribution in [0.5, 0.6) is 0 Å². The van der Waals surface area contributed by atoms with Crippen molar-refractivity contribution in [1.82, 2.24) is 19.6 Å². The molecule has 3 heterocycles. The van der Waals surface area contributed by atoms with Gasteiger partial charge in [0.2, 0.25) is 0 Å². The normalized spacial score (nSPS) is 29.3. The number of rotatable bonds is 3. The molecule has 146 valence electrons. The van der Waals surface area contributed by atoms with Crippen molar-refractivity contribution in [2.45, 2.75) is 44.3 Å². The molecule has 0 N–H and O–H groups in total. The van der Waals surface area contributed by atoms with E-state index in [1.807, 2.05) is 0 Å². The van der Waals surface area contributed by atoms with Crippen molar-refractivity contribution in [1.29, 1.82) is 0 Å². The predicted octanol–water partition coefficient (Wildman–Crippen LogP) is 2.32. The first-order valence-corrected chi connectivity index (χ1v) is 8.95. The summed E-state index contributed by atoms with van der Waals surface area (Å²) < 4.78 is 28.2. The lowest BCUT2D eigenvalue weighted by molar-refractivity contribution is -0.184. The Morgan fingerprint density at radius 2 is 2.11 bits per heavy atom. The Hall–Kier alpha value is -1.81. The summed E-state index contributed by atoms with van der Waals surface area (Å²) in [6.07, 6.45) is 2.08. The van der Waals surface area contributed by atoms with E-state index in [4.69, 9.17) is 25.9 Å². The first-order valence-electron chi connectivity index (χ1n) is 8.57. The molecule has 27 heavy (non-hydrogen) atoms. The summed E-state index contributed by atoms with van der Waals surface area (Å²) in [4.78, 5) is 25.8. The average molecular weight is 399 g/mol. The summed E-state index contributed by atoms with van der Waals surface area (Å²) in [6, 6.07) is -0.353. The second-order valence-electron chi connectivity index (χ2n) is 7.24. The number of hydroxylamine groups is 2. The Balaban J connectivity index is 1.77. The minimum Gasteiger partial charge on any atom is -0.344 e. The highest BCUT2D eigenvalue weighted by molar-refractivity contribution is 6.34. The van der Waals surface area contributed by atoms with E-state index in [9.17, 15) is 9.18 Å². The number of hydrogen-bond donors (Lipinski definition) is 0. The maximum Gasteiger partial charge on any atom is 0.251 e. The average Bonchev–Trinajstić information content (AvgIpc) is 3.22. The molecule has 1 saturated heterocycles. The first kappa shape index (κ1) is 18.5. The van der Waals surface area contributed by atoms with Crippen LogP contribution >= 0.6 is 11.6 Å². The van der Waals surface area contributed by atoms with E-state index in [2.05, 4.69) is 9.97 Å². The van der Waals surface area contributed by atoms with E-state index >= 15 is 0 Å². The molecule has 4 unspecified atom stereocenters. The quantitative estimate of drug-likeness (QED) is 0.583. The fourth-order valence-electron chi connectivity index (χ4n) is 4.05. The molecular formula is C17H20ClFN4O4. The van der Waals surface area contributed by atoms with Gasteiger partial charge in [0.05, 0.1) is 24.5 Å². The lowest BCUT2D eigenvalue weighted by Gasteiger charge is -2.25. The molecule has 2 aromatic heterocycles. The van der Waals surface area contributed by atoms with Gasteiger partial charge in [-0.2, -0.15) is 0 Å². The van der Waals surface area contributed by atoms with E-state index < -0.39 is 29.7 Å². The van der Waals surface area contributed by atoms with E-state index in [0.29, 0.717) is 12.1 Å². The zero-order chi connectivity index (χ0) is 19.5. The van der Waals surface area contributed by atoms with Crippen molar-refractivity contribution in [2.75, 3.05) is 14.2 Å². The summed E-state index contributed by atoms with van der Waals surface area (Å²) in [5, 5.41) is 1.37. The number of nitrogens with zero attached hydrogens (tertiary/aromatic N) is 4. The van der Waals surface area contributed by atoms with Crippen LogP contribution in [0, 0.1) is 11.7 Å². The third-order valence-corrected chi connectivity index (χ3v) is 5.50. The Morgan fingerprint density at radius 1 is 1.41 bits per heavy atom. The van der Waals surface area contributed by atoms with E-state index in [-0.39, 0.29) is 22.5 Å². The van der Waals surface area contributed by atoms with Crippen molar-refractivity contribution in [3.05, 3.63) is 23.5 Å². The van der Waals surface area contributed by atoms with Crippen molar-refractivity contribution < 1.29 is 23.5 Å². The van der Waals surface area contributed by atoms with Crippen molar-refractivity contribution in [2.24, 2.45) is 5.92 Å². The lowest BCUT2D eigenvalue weighted by Crippen LogP contribution is -2.38. The zero-order valence-electron chi connectivity index (χ0n) is 15.3. The Morgan fingerprint density at radius 3 is 2.81 bits per heavy atom. The molecule has 1 amide bonds. The van der Waals surface area contributed by atoms with Gasteiger partial charge in [0, 0.05) is 13.2 Å². The number of fused-ring (bicyclic) bond motifs is 2. The van der Waals surface area contributed by atoms with Crippen LogP contribution in [0.15, 0.2) is 12.5 Å². The third-order valence-electron chi connectivity index (χ3n) is 5.21. The summed E-state index contributed by atoms with van der Waals surface area (Å²) in [5.74, 6) is -2.09. The molecule has 2 aromatic rings. The second-order valence-corrected chi connectivity index (χ2v) is 7.60. The predicted molar refractivity (Wildman–Crippen MR) is 93.2 cm³/mol. The van der Waals surface area contributed by atoms with Crippen LogP contribution < -0.4 is 0 Å². The van der Waals surface area contributed by atoms with Crippen LogP contribution in [-0.4, -0.2) is 57.7 Å². The maximum atomic E-state index is 14.5. The van der Waals surface area contributed by atoms with Gasteiger partial charge in [-0.05, 0) is 20.3 Å². The standard InChI is InChI=1S/C17H20ClFN4O4/c1-17(2)26-12-8(16(24)22(3)25-4)5-10(13(12)27-17)23-6-9(19)11-14(18)20-7-21-15(11)23/h6-8,10,12-13H,5H2,1-4H3. The number of ether oxygens (including phenoxy) is 2. The van der Waals surface area contributed by atoms with Gasteiger partial charge in [-0.15, -0.1) is 0 Å². The number of halogens is 2. The molecule has 0 radical (unpaired) electrons. The molecule has 2 aliphatic rings. The Bertz CT molecular complexity index is 904. The van der Waals surface area contributed by atoms with Gasteiger partial charge < -0.3 is 14.0 Å². The fraction of sp³-hybridized carbons (Fsp3) is 0.588. The lowest BCUT2D eigenvalue weighted by atomic mass is 10.0. The van der Waals surface area contributed by atoms with E-state index in [1.165, 1.54) is 24.7 Å².